The third kappa shape index (κ3) is 6.09. The second kappa shape index (κ2) is 11.0. The molecule has 3 aromatic carbocycles. The van der Waals surface area contributed by atoms with E-state index >= 15 is 0 Å². The minimum absolute atomic E-state index is 0.474. The van der Waals surface area contributed by atoms with Gasteiger partial charge >= 0.3 is 0 Å². The Balaban J connectivity index is 1.75. The molecule has 0 amide bonds. The number of hydrogen-bond donors (Lipinski definition) is 0. The molecule has 164 valence electrons. The zero-order valence-electron chi connectivity index (χ0n) is 19.1. The fourth-order valence-corrected chi connectivity index (χ4v) is 3.51. The molecule has 0 heterocycles. The largest absolute Gasteiger partial charge is 0.457 e. The molecule has 0 N–H and O–H groups in total. The van der Waals surface area contributed by atoms with Gasteiger partial charge < -0.3 is 18.9 Å². The Labute approximate surface area is 185 Å². The van der Waals surface area contributed by atoms with Crippen LogP contribution < -0.4 is 9.47 Å². The SMILES string of the molecule is CCC(C)c1ccc(Oc2ccc(Oc3c(COC)cc(C)cc3COC)cc2)cc1. The van der Waals surface area contributed by atoms with Crippen LogP contribution in [0.25, 0.3) is 0 Å². The van der Waals surface area contributed by atoms with Gasteiger partial charge in [-0.15, -0.1) is 0 Å². The predicted octanol–water partition coefficient (Wildman–Crippen LogP) is 7.39. The van der Waals surface area contributed by atoms with Crippen molar-refractivity contribution in [2.75, 3.05) is 14.2 Å². The molecule has 0 bridgehead atoms. The molecule has 31 heavy (non-hydrogen) atoms. The topological polar surface area (TPSA) is 36.9 Å². The molecule has 0 saturated carbocycles. The maximum Gasteiger partial charge on any atom is 0.138 e. The molecular formula is C27H32O4. The summed E-state index contributed by atoms with van der Waals surface area (Å²) in [4.78, 5) is 0. The highest BCUT2D eigenvalue weighted by molar-refractivity contribution is 5.47. The maximum absolute atomic E-state index is 6.24. The van der Waals surface area contributed by atoms with E-state index in [4.69, 9.17) is 18.9 Å². The summed E-state index contributed by atoms with van der Waals surface area (Å²) in [6, 6.07) is 20.1. The van der Waals surface area contributed by atoms with Gasteiger partial charge in [0.15, 0.2) is 0 Å². The van der Waals surface area contributed by atoms with Crippen LogP contribution in [-0.4, -0.2) is 14.2 Å². The number of aryl methyl sites for hydroxylation is 1. The smallest absolute Gasteiger partial charge is 0.138 e. The van der Waals surface area contributed by atoms with Gasteiger partial charge in [0.1, 0.15) is 23.0 Å². The van der Waals surface area contributed by atoms with E-state index in [0.29, 0.717) is 19.1 Å². The highest BCUT2D eigenvalue weighted by atomic mass is 16.5. The third-order valence-corrected chi connectivity index (χ3v) is 5.33. The van der Waals surface area contributed by atoms with E-state index in [1.54, 1.807) is 14.2 Å². The molecule has 3 rings (SSSR count). The summed E-state index contributed by atoms with van der Waals surface area (Å²) in [6.45, 7) is 7.44. The van der Waals surface area contributed by atoms with Crippen molar-refractivity contribution in [1.29, 1.82) is 0 Å². The summed E-state index contributed by atoms with van der Waals surface area (Å²) in [5.74, 6) is 3.66. The molecule has 0 aliphatic rings. The number of benzene rings is 3. The van der Waals surface area contributed by atoms with Crippen molar-refractivity contribution in [3.8, 4) is 23.0 Å². The number of hydrogen-bond acceptors (Lipinski definition) is 4. The van der Waals surface area contributed by atoms with Crippen LogP contribution in [0.1, 0.15) is 48.4 Å². The van der Waals surface area contributed by atoms with E-state index in [-0.39, 0.29) is 0 Å². The van der Waals surface area contributed by atoms with Crippen LogP contribution in [0.3, 0.4) is 0 Å². The van der Waals surface area contributed by atoms with Crippen molar-refractivity contribution in [2.24, 2.45) is 0 Å². The van der Waals surface area contributed by atoms with E-state index in [0.717, 1.165) is 46.1 Å². The standard InChI is InChI=1S/C27H32O4/c1-6-20(3)21-7-9-24(10-8-21)30-25-11-13-26(14-12-25)31-27-22(17-28-4)15-19(2)16-23(27)18-29-5/h7-16,20H,6,17-18H2,1-5H3. The van der Waals surface area contributed by atoms with Crippen LogP contribution in [0.15, 0.2) is 60.7 Å². The zero-order valence-corrected chi connectivity index (χ0v) is 19.1. The number of rotatable bonds is 10. The molecule has 4 heteroatoms. The van der Waals surface area contributed by atoms with E-state index in [2.05, 4.69) is 45.0 Å². The molecule has 0 aliphatic heterocycles. The lowest BCUT2D eigenvalue weighted by Gasteiger charge is -2.17. The van der Waals surface area contributed by atoms with E-state index in [1.807, 2.05) is 36.4 Å². The van der Waals surface area contributed by atoms with Gasteiger partial charge in [-0.3, -0.25) is 0 Å². The van der Waals surface area contributed by atoms with Crippen molar-refractivity contribution in [3.05, 3.63) is 82.9 Å². The summed E-state index contributed by atoms with van der Waals surface area (Å²) in [7, 11) is 3.37. The van der Waals surface area contributed by atoms with Gasteiger partial charge in [-0.25, -0.2) is 0 Å². The quantitative estimate of drug-likeness (QED) is 0.343. The molecule has 0 aromatic heterocycles. The van der Waals surface area contributed by atoms with Gasteiger partial charge in [0.05, 0.1) is 13.2 Å². The van der Waals surface area contributed by atoms with E-state index in [9.17, 15) is 0 Å². The summed E-state index contributed by atoms with van der Waals surface area (Å²) < 4.78 is 23.0. The van der Waals surface area contributed by atoms with Gasteiger partial charge in [0.25, 0.3) is 0 Å². The summed E-state index contributed by atoms with van der Waals surface area (Å²) >= 11 is 0. The first kappa shape index (κ1) is 22.9. The number of ether oxygens (including phenoxy) is 4. The molecule has 0 saturated heterocycles. The van der Waals surface area contributed by atoms with Crippen molar-refractivity contribution in [2.45, 2.75) is 46.3 Å². The van der Waals surface area contributed by atoms with Crippen LogP contribution >= 0.6 is 0 Å². The fraction of sp³-hybridized carbons (Fsp3) is 0.333. The first-order chi connectivity index (χ1) is 15.0. The molecule has 0 aliphatic carbocycles. The van der Waals surface area contributed by atoms with Crippen LogP contribution in [0.4, 0.5) is 0 Å². The molecule has 0 spiro atoms. The van der Waals surface area contributed by atoms with Crippen LogP contribution in [0, 0.1) is 6.92 Å². The van der Waals surface area contributed by atoms with E-state index < -0.39 is 0 Å². The lowest BCUT2D eigenvalue weighted by Crippen LogP contribution is -2.01. The molecule has 1 atom stereocenters. The monoisotopic (exact) mass is 420 g/mol. The van der Waals surface area contributed by atoms with Crippen molar-refractivity contribution >= 4 is 0 Å². The maximum atomic E-state index is 6.24. The lowest BCUT2D eigenvalue weighted by atomic mass is 9.99. The summed E-state index contributed by atoms with van der Waals surface area (Å²) in [5, 5.41) is 0. The first-order valence-corrected chi connectivity index (χ1v) is 10.7. The van der Waals surface area contributed by atoms with Gasteiger partial charge in [0.2, 0.25) is 0 Å². The minimum Gasteiger partial charge on any atom is -0.457 e. The van der Waals surface area contributed by atoms with Gasteiger partial charge in [-0.05, 0) is 61.2 Å². The number of methoxy groups -OCH3 is 2. The van der Waals surface area contributed by atoms with E-state index in [1.165, 1.54) is 5.56 Å². The Bertz CT molecular complexity index is 935. The Hall–Kier alpha value is -2.82. The second-order valence-corrected chi connectivity index (χ2v) is 7.83. The summed E-state index contributed by atoms with van der Waals surface area (Å²) in [5.41, 5.74) is 4.47. The van der Waals surface area contributed by atoms with Gasteiger partial charge in [0, 0.05) is 25.3 Å². The second-order valence-electron chi connectivity index (χ2n) is 7.83. The van der Waals surface area contributed by atoms with Crippen molar-refractivity contribution < 1.29 is 18.9 Å². The van der Waals surface area contributed by atoms with Crippen LogP contribution in [0.5, 0.6) is 23.0 Å². The highest BCUT2D eigenvalue weighted by Crippen LogP contribution is 2.33. The Kier molecular flexibility index (Phi) is 8.10. The van der Waals surface area contributed by atoms with Gasteiger partial charge in [-0.2, -0.15) is 0 Å². The Morgan fingerprint density at radius 3 is 1.61 bits per heavy atom. The normalized spacial score (nSPS) is 11.9. The Morgan fingerprint density at radius 1 is 0.710 bits per heavy atom. The van der Waals surface area contributed by atoms with Crippen molar-refractivity contribution in [1.82, 2.24) is 0 Å². The van der Waals surface area contributed by atoms with Crippen LogP contribution in [-0.2, 0) is 22.7 Å². The molecule has 0 radical (unpaired) electrons. The molecule has 1 unspecified atom stereocenters. The highest BCUT2D eigenvalue weighted by Gasteiger charge is 2.13. The predicted molar refractivity (Wildman–Crippen MR) is 124 cm³/mol. The van der Waals surface area contributed by atoms with Crippen LogP contribution in [0.2, 0.25) is 0 Å². The van der Waals surface area contributed by atoms with Gasteiger partial charge in [-0.1, -0.05) is 43.7 Å². The first-order valence-electron chi connectivity index (χ1n) is 10.7. The zero-order chi connectivity index (χ0) is 22.2. The fourth-order valence-electron chi connectivity index (χ4n) is 3.51. The Morgan fingerprint density at radius 2 is 1.16 bits per heavy atom. The molecule has 3 aromatic rings. The summed E-state index contributed by atoms with van der Waals surface area (Å²) in [6.07, 6.45) is 1.13. The molecular weight excluding hydrogens is 388 g/mol. The molecule has 0 fully saturated rings. The average Bonchev–Trinajstić information content (AvgIpc) is 2.77. The third-order valence-electron chi connectivity index (χ3n) is 5.33. The average molecular weight is 421 g/mol. The lowest BCUT2D eigenvalue weighted by molar-refractivity contribution is 0.175. The molecule has 4 nitrogen and oxygen atoms in total. The minimum atomic E-state index is 0.474. The van der Waals surface area contributed by atoms with Crippen molar-refractivity contribution in [3.63, 3.8) is 0 Å².